The van der Waals surface area contributed by atoms with Crippen molar-refractivity contribution in [2.24, 2.45) is 5.92 Å². The maximum atomic E-state index is 11.7. The Labute approximate surface area is 130 Å². The summed E-state index contributed by atoms with van der Waals surface area (Å²) >= 11 is 0. The molecule has 1 rings (SSSR count). The number of carbonyl (C=O) groups excluding carboxylic acids is 4. The van der Waals surface area contributed by atoms with Gasteiger partial charge < -0.3 is 14.8 Å². The molecule has 0 aromatic heterocycles. The first-order valence-electron chi connectivity index (χ1n) is 7.60. The number of amides is 3. The maximum absolute atomic E-state index is 11.7. The van der Waals surface area contributed by atoms with Gasteiger partial charge >= 0.3 is 0 Å². The molecule has 0 spiro atoms. The molecule has 0 saturated carbocycles. The van der Waals surface area contributed by atoms with Crippen LogP contribution in [0.5, 0.6) is 0 Å². The molecular weight excluding hydrogens is 288 g/mol. The molecule has 124 valence electrons. The van der Waals surface area contributed by atoms with Gasteiger partial charge in [-0.1, -0.05) is 6.92 Å². The van der Waals surface area contributed by atoms with E-state index in [1.807, 2.05) is 0 Å². The van der Waals surface area contributed by atoms with Crippen molar-refractivity contribution in [3.63, 3.8) is 0 Å². The summed E-state index contributed by atoms with van der Waals surface area (Å²) in [5.74, 6) is -0.769. The largest absolute Gasteiger partial charge is 0.380 e. The van der Waals surface area contributed by atoms with Crippen molar-refractivity contribution in [3.8, 4) is 0 Å². The van der Waals surface area contributed by atoms with Gasteiger partial charge in [-0.25, -0.2) is 0 Å². The highest BCUT2D eigenvalue weighted by Crippen LogP contribution is 2.18. The van der Waals surface area contributed by atoms with Crippen LogP contribution >= 0.6 is 0 Å². The van der Waals surface area contributed by atoms with Crippen molar-refractivity contribution in [3.05, 3.63) is 0 Å². The van der Waals surface area contributed by atoms with Crippen molar-refractivity contribution in [2.75, 3.05) is 26.3 Å². The Morgan fingerprint density at radius 3 is 2.59 bits per heavy atom. The molecule has 1 aliphatic heterocycles. The summed E-state index contributed by atoms with van der Waals surface area (Å²) in [4.78, 5) is 46.7. The lowest BCUT2D eigenvalue weighted by Gasteiger charge is -2.14. The number of rotatable bonds is 10. The van der Waals surface area contributed by atoms with E-state index >= 15 is 0 Å². The van der Waals surface area contributed by atoms with E-state index in [2.05, 4.69) is 5.32 Å². The second-order valence-corrected chi connectivity index (χ2v) is 5.51. The molecule has 0 aromatic carbocycles. The van der Waals surface area contributed by atoms with Crippen LogP contribution in [0.4, 0.5) is 0 Å². The summed E-state index contributed by atoms with van der Waals surface area (Å²) in [6.07, 6.45) is 1.52. The molecule has 7 nitrogen and oxygen atoms in total. The number of ether oxygens (including phenoxy) is 1. The number of likely N-dealkylation sites (tertiary alicyclic amines) is 1. The van der Waals surface area contributed by atoms with Gasteiger partial charge in [0.15, 0.2) is 0 Å². The number of hydrogen-bond acceptors (Lipinski definition) is 5. The molecule has 1 unspecified atom stereocenters. The van der Waals surface area contributed by atoms with Crippen molar-refractivity contribution in [1.82, 2.24) is 10.2 Å². The molecule has 0 aromatic rings. The van der Waals surface area contributed by atoms with Crippen molar-refractivity contribution in [2.45, 2.75) is 39.5 Å². The van der Waals surface area contributed by atoms with Crippen LogP contribution in [0, 0.1) is 5.92 Å². The Kier molecular flexibility index (Phi) is 7.73. The molecule has 22 heavy (non-hydrogen) atoms. The summed E-state index contributed by atoms with van der Waals surface area (Å²) in [7, 11) is 0. The van der Waals surface area contributed by atoms with E-state index in [1.165, 1.54) is 6.92 Å². The van der Waals surface area contributed by atoms with E-state index in [4.69, 9.17) is 4.74 Å². The predicted molar refractivity (Wildman–Crippen MR) is 78.9 cm³/mol. The number of ketones is 1. The summed E-state index contributed by atoms with van der Waals surface area (Å²) in [6, 6.07) is 0. The second-order valence-electron chi connectivity index (χ2n) is 5.51. The molecule has 1 aliphatic rings. The van der Waals surface area contributed by atoms with Crippen molar-refractivity contribution >= 4 is 23.5 Å². The molecule has 1 N–H and O–H groups in total. The lowest BCUT2D eigenvalue weighted by molar-refractivity contribution is -0.139. The van der Waals surface area contributed by atoms with Gasteiger partial charge in [-0.2, -0.15) is 0 Å². The van der Waals surface area contributed by atoms with Crippen LogP contribution in [0.15, 0.2) is 0 Å². The average molecular weight is 312 g/mol. The smallest absolute Gasteiger partial charge is 0.232 e. The summed E-state index contributed by atoms with van der Waals surface area (Å²) in [5, 5.41) is 2.67. The first-order chi connectivity index (χ1) is 10.4. The SMILES string of the molecule is CC(=O)CCCOCCNC(=O)CCN1C(=O)CC(C)C1=O. The lowest BCUT2D eigenvalue weighted by atomic mass is 10.1. The fourth-order valence-electron chi connectivity index (χ4n) is 2.17. The third kappa shape index (κ3) is 6.34. The normalized spacial score (nSPS) is 17.9. The standard InChI is InChI=1S/C15H24N2O5/c1-11-10-14(20)17(15(11)21)7-5-13(19)16-6-9-22-8-3-4-12(2)18/h11H,3-10H2,1-2H3,(H,16,19). The van der Waals surface area contributed by atoms with Gasteiger partial charge in [0.1, 0.15) is 5.78 Å². The first-order valence-corrected chi connectivity index (χ1v) is 7.60. The van der Waals surface area contributed by atoms with Crippen LogP contribution in [0.3, 0.4) is 0 Å². The zero-order valence-electron chi connectivity index (χ0n) is 13.2. The molecular formula is C15H24N2O5. The van der Waals surface area contributed by atoms with Crippen molar-refractivity contribution in [1.29, 1.82) is 0 Å². The van der Waals surface area contributed by atoms with E-state index in [1.54, 1.807) is 6.92 Å². The highest BCUT2D eigenvalue weighted by atomic mass is 16.5. The van der Waals surface area contributed by atoms with E-state index in [-0.39, 0.29) is 48.8 Å². The van der Waals surface area contributed by atoms with Crippen LogP contribution in [-0.4, -0.2) is 54.7 Å². The fourth-order valence-corrected chi connectivity index (χ4v) is 2.17. The number of hydrogen-bond donors (Lipinski definition) is 1. The number of carbonyl (C=O) groups is 4. The Bertz CT molecular complexity index is 436. The molecule has 0 bridgehead atoms. The van der Waals surface area contributed by atoms with E-state index in [9.17, 15) is 19.2 Å². The van der Waals surface area contributed by atoms with Crippen molar-refractivity contribution < 1.29 is 23.9 Å². The maximum Gasteiger partial charge on any atom is 0.232 e. The Morgan fingerprint density at radius 2 is 2.00 bits per heavy atom. The molecule has 7 heteroatoms. The van der Waals surface area contributed by atoms with E-state index in [0.717, 1.165) is 4.90 Å². The Morgan fingerprint density at radius 1 is 1.27 bits per heavy atom. The van der Waals surface area contributed by atoms with E-state index < -0.39 is 0 Å². The van der Waals surface area contributed by atoms with Gasteiger partial charge in [0.25, 0.3) is 0 Å². The molecule has 1 saturated heterocycles. The molecule has 0 radical (unpaired) electrons. The quantitative estimate of drug-likeness (QED) is 0.462. The molecule has 1 fully saturated rings. The minimum absolute atomic E-state index is 0.106. The molecule has 1 heterocycles. The minimum atomic E-state index is -0.279. The Hall–Kier alpha value is -1.76. The third-order valence-electron chi connectivity index (χ3n) is 3.42. The molecule has 0 aliphatic carbocycles. The fraction of sp³-hybridized carbons (Fsp3) is 0.733. The van der Waals surface area contributed by atoms with Gasteiger partial charge in [0.2, 0.25) is 17.7 Å². The minimum Gasteiger partial charge on any atom is -0.380 e. The van der Waals surface area contributed by atoms with Crippen LogP contribution in [-0.2, 0) is 23.9 Å². The summed E-state index contributed by atoms with van der Waals surface area (Å²) in [5.41, 5.74) is 0. The van der Waals surface area contributed by atoms with Crippen LogP contribution < -0.4 is 5.32 Å². The number of nitrogens with zero attached hydrogens (tertiary/aromatic N) is 1. The monoisotopic (exact) mass is 312 g/mol. The van der Waals surface area contributed by atoms with Gasteiger partial charge in [-0.3, -0.25) is 19.3 Å². The number of imide groups is 1. The van der Waals surface area contributed by atoms with Crippen LogP contribution in [0.1, 0.15) is 39.5 Å². The number of nitrogens with one attached hydrogen (secondary N) is 1. The van der Waals surface area contributed by atoms with Gasteiger partial charge in [-0.15, -0.1) is 0 Å². The first kappa shape index (κ1) is 18.3. The molecule has 1 atom stereocenters. The number of Topliss-reactive ketones (excluding diaryl/α,β-unsaturated/α-hetero) is 1. The summed E-state index contributed by atoms with van der Waals surface area (Å²) in [6.45, 7) is 4.62. The lowest BCUT2D eigenvalue weighted by Crippen LogP contribution is -2.35. The topological polar surface area (TPSA) is 92.8 Å². The highest BCUT2D eigenvalue weighted by Gasteiger charge is 2.35. The highest BCUT2D eigenvalue weighted by molar-refractivity contribution is 6.03. The Balaban J connectivity index is 2.06. The van der Waals surface area contributed by atoms with Gasteiger partial charge in [-0.05, 0) is 13.3 Å². The average Bonchev–Trinajstić information content (AvgIpc) is 2.69. The van der Waals surface area contributed by atoms with Crippen LogP contribution in [0.2, 0.25) is 0 Å². The van der Waals surface area contributed by atoms with Crippen LogP contribution in [0.25, 0.3) is 0 Å². The van der Waals surface area contributed by atoms with Gasteiger partial charge in [0.05, 0.1) is 6.61 Å². The third-order valence-corrected chi connectivity index (χ3v) is 3.42. The predicted octanol–water partition coefficient (Wildman–Crippen LogP) is 0.274. The zero-order chi connectivity index (χ0) is 16.5. The zero-order valence-corrected chi connectivity index (χ0v) is 13.2. The summed E-state index contributed by atoms with van der Waals surface area (Å²) < 4.78 is 5.27. The second kappa shape index (κ2) is 9.30. The van der Waals surface area contributed by atoms with E-state index in [0.29, 0.717) is 32.6 Å². The van der Waals surface area contributed by atoms with Gasteiger partial charge in [0, 0.05) is 44.9 Å². The molecule has 3 amide bonds.